The summed E-state index contributed by atoms with van der Waals surface area (Å²) in [5.41, 5.74) is 3.98. The first kappa shape index (κ1) is 20.1. The van der Waals surface area contributed by atoms with Crippen LogP contribution in [-0.4, -0.2) is 33.8 Å². The van der Waals surface area contributed by atoms with Crippen molar-refractivity contribution in [1.29, 1.82) is 0 Å². The first-order valence-electron chi connectivity index (χ1n) is 8.89. The van der Waals surface area contributed by atoms with E-state index in [1.807, 2.05) is 32.9 Å². The van der Waals surface area contributed by atoms with Crippen LogP contribution in [0.3, 0.4) is 0 Å². The Morgan fingerprint density at radius 3 is 2.43 bits per heavy atom. The van der Waals surface area contributed by atoms with E-state index in [9.17, 15) is 9.18 Å². The number of carbonyl (C=O) groups excluding carboxylic acids is 1. The van der Waals surface area contributed by atoms with Crippen molar-refractivity contribution in [3.63, 3.8) is 0 Å². The van der Waals surface area contributed by atoms with Gasteiger partial charge in [-0.1, -0.05) is 41.1 Å². The summed E-state index contributed by atoms with van der Waals surface area (Å²) in [5, 5.41) is 8.47. The summed E-state index contributed by atoms with van der Waals surface area (Å²) in [7, 11) is 1.73. The van der Waals surface area contributed by atoms with E-state index in [2.05, 4.69) is 16.3 Å². The number of carbonyl (C=O) groups is 1. The van der Waals surface area contributed by atoms with E-state index in [-0.39, 0.29) is 23.5 Å². The molecule has 5 nitrogen and oxygen atoms in total. The first-order chi connectivity index (χ1) is 13.3. The van der Waals surface area contributed by atoms with Crippen molar-refractivity contribution >= 4 is 17.7 Å². The SMILES string of the molecule is Cc1cc(C)cc(-c2nnc(SCC(=O)N(C)C(C)c3ccc(F)cc3)o2)c1. The number of rotatable bonds is 6. The predicted octanol–water partition coefficient (Wildman–Crippen LogP) is 4.80. The van der Waals surface area contributed by atoms with Gasteiger partial charge in [0.1, 0.15) is 5.82 Å². The highest BCUT2D eigenvalue weighted by Crippen LogP contribution is 2.26. The van der Waals surface area contributed by atoms with E-state index < -0.39 is 0 Å². The second kappa shape index (κ2) is 8.56. The van der Waals surface area contributed by atoms with Crippen molar-refractivity contribution in [2.45, 2.75) is 32.0 Å². The molecule has 3 aromatic rings. The standard InChI is InChI=1S/C21H22FN3O2S/c1-13-9-14(2)11-17(10-13)20-23-24-21(27-20)28-12-19(26)25(4)15(3)16-5-7-18(22)8-6-16/h5-11,15H,12H2,1-4H3. The van der Waals surface area contributed by atoms with Gasteiger partial charge in [-0.2, -0.15) is 0 Å². The van der Waals surface area contributed by atoms with E-state index in [1.54, 1.807) is 24.1 Å². The molecule has 0 saturated heterocycles. The van der Waals surface area contributed by atoms with Gasteiger partial charge in [-0.15, -0.1) is 10.2 Å². The fraction of sp³-hybridized carbons (Fsp3) is 0.286. The topological polar surface area (TPSA) is 59.2 Å². The fourth-order valence-electron chi connectivity index (χ4n) is 2.89. The third-order valence-electron chi connectivity index (χ3n) is 4.52. The summed E-state index contributed by atoms with van der Waals surface area (Å²) in [6, 6.07) is 12.0. The lowest BCUT2D eigenvalue weighted by atomic mass is 10.1. The molecule has 1 amide bonds. The van der Waals surface area contributed by atoms with Crippen molar-refractivity contribution < 1.29 is 13.6 Å². The van der Waals surface area contributed by atoms with Crippen LogP contribution in [0.2, 0.25) is 0 Å². The Bertz CT molecular complexity index is 952. The highest BCUT2D eigenvalue weighted by Gasteiger charge is 2.19. The van der Waals surface area contributed by atoms with E-state index in [0.29, 0.717) is 11.1 Å². The Labute approximate surface area is 168 Å². The van der Waals surface area contributed by atoms with Gasteiger partial charge in [0, 0.05) is 12.6 Å². The molecule has 0 aliphatic heterocycles. The second-order valence-electron chi connectivity index (χ2n) is 6.77. The molecule has 2 aromatic carbocycles. The maximum absolute atomic E-state index is 13.1. The summed E-state index contributed by atoms with van der Waals surface area (Å²) in [4.78, 5) is 14.1. The summed E-state index contributed by atoms with van der Waals surface area (Å²) in [6.07, 6.45) is 0. The minimum Gasteiger partial charge on any atom is -0.411 e. The number of aryl methyl sites for hydroxylation is 2. The maximum Gasteiger partial charge on any atom is 0.277 e. The van der Waals surface area contributed by atoms with Crippen LogP contribution in [0.25, 0.3) is 11.5 Å². The highest BCUT2D eigenvalue weighted by atomic mass is 32.2. The highest BCUT2D eigenvalue weighted by molar-refractivity contribution is 7.99. The lowest BCUT2D eigenvalue weighted by Gasteiger charge is -2.25. The molecular formula is C21H22FN3O2S. The van der Waals surface area contributed by atoms with Crippen LogP contribution in [0.4, 0.5) is 4.39 Å². The average Bonchev–Trinajstić information content (AvgIpc) is 3.14. The van der Waals surface area contributed by atoms with Crippen molar-refractivity contribution in [1.82, 2.24) is 15.1 Å². The van der Waals surface area contributed by atoms with Crippen molar-refractivity contribution in [2.24, 2.45) is 0 Å². The number of benzene rings is 2. The molecule has 1 heterocycles. The minimum atomic E-state index is -0.295. The molecule has 1 aromatic heterocycles. The van der Waals surface area contributed by atoms with Crippen LogP contribution in [0.5, 0.6) is 0 Å². The normalized spacial score (nSPS) is 12.0. The third kappa shape index (κ3) is 4.78. The van der Waals surface area contributed by atoms with Gasteiger partial charge < -0.3 is 9.32 Å². The fourth-order valence-corrected chi connectivity index (χ4v) is 3.58. The van der Waals surface area contributed by atoms with Crippen LogP contribution in [-0.2, 0) is 4.79 Å². The molecule has 0 spiro atoms. The number of thioether (sulfide) groups is 1. The van der Waals surface area contributed by atoms with Gasteiger partial charge in [0.15, 0.2) is 0 Å². The maximum atomic E-state index is 13.1. The molecule has 146 valence electrons. The lowest BCUT2D eigenvalue weighted by molar-refractivity contribution is -0.128. The number of halogens is 1. The Morgan fingerprint density at radius 1 is 1.14 bits per heavy atom. The summed E-state index contributed by atoms with van der Waals surface area (Å²) < 4.78 is 18.8. The van der Waals surface area contributed by atoms with Crippen LogP contribution in [0.15, 0.2) is 52.1 Å². The van der Waals surface area contributed by atoms with Gasteiger partial charge in [-0.3, -0.25) is 4.79 Å². The van der Waals surface area contributed by atoms with Crippen LogP contribution in [0.1, 0.15) is 29.7 Å². The monoisotopic (exact) mass is 399 g/mol. The first-order valence-corrected chi connectivity index (χ1v) is 9.88. The van der Waals surface area contributed by atoms with E-state index >= 15 is 0 Å². The molecule has 1 atom stereocenters. The number of nitrogens with zero attached hydrogens (tertiary/aromatic N) is 3. The molecule has 0 radical (unpaired) electrons. The second-order valence-corrected chi connectivity index (χ2v) is 7.70. The third-order valence-corrected chi connectivity index (χ3v) is 5.32. The van der Waals surface area contributed by atoms with Crippen LogP contribution < -0.4 is 0 Å². The molecule has 28 heavy (non-hydrogen) atoms. The number of hydrogen-bond donors (Lipinski definition) is 0. The van der Waals surface area contributed by atoms with Gasteiger partial charge in [0.25, 0.3) is 5.22 Å². The smallest absolute Gasteiger partial charge is 0.277 e. The average molecular weight is 399 g/mol. The molecule has 0 aliphatic rings. The van der Waals surface area contributed by atoms with E-state index in [4.69, 9.17) is 4.42 Å². The van der Waals surface area contributed by atoms with Crippen molar-refractivity contribution in [3.8, 4) is 11.5 Å². The summed E-state index contributed by atoms with van der Waals surface area (Å²) in [6.45, 7) is 5.93. The molecule has 0 aliphatic carbocycles. The Morgan fingerprint density at radius 2 is 1.79 bits per heavy atom. The van der Waals surface area contributed by atoms with E-state index in [0.717, 1.165) is 22.3 Å². The molecule has 0 bridgehead atoms. The Balaban J connectivity index is 1.61. The molecule has 3 rings (SSSR count). The number of aromatic nitrogens is 2. The van der Waals surface area contributed by atoms with Gasteiger partial charge in [0.2, 0.25) is 11.8 Å². The van der Waals surface area contributed by atoms with Gasteiger partial charge >= 0.3 is 0 Å². The zero-order valence-electron chi connectivity index (χ0n) is 16.3. The van der Waals surface area contributed by atoms with Crippen LogP contribution in [0, 0.1) is 19.7 Å². The quantitative estimate of drug-likeness (QED) is 0.557. The van der Waals surface area contributed by atoms with Crippen LogP contribution >= 0.6 is 11.8 Å². The predicted molar refractivity (Wildman–Crippen MR) is 108 cm³/mol. The van der Waals surface area contributed by atoms with Gasteiger partial charge in [-0.25, -0.2) is 4.39 Å². The molecular weight excluding hydrogens is 377 g/mol. The molecule has 1 unspecified atom stereocenters. The Kier molecular flexibility index (Phi) is 6.14. The largest absolute Gasteiger partial charge is 0.411 e. The minimum absolute atomic E-state index is 0.0759. The number of amides is 1. The number of hydrogen-bond acceptors (Lipinski definition) is 5. The molecule has 0 fully saturated rings. The zero-order valence-corrected chi connectivity index (χ0v) is 17.1. The van der Waals surface area contributed by atoms with Crippen molar-refractivity contribution in [3.05, 3.63) is 65.0 Å². The molecule has 7 heteroatoms. The zero-order chi connectivity index (χ0) is 20.3. The molecule has 0 N–H and O–H groups in total. The Hall–Kier alpha value is -2.67. The molecule has 0 saturated carbocycles. The lowest BCUT2D eigenvalue weighted by Crippen LogP contribution is -2.31. The van der Waals surface area contributed by atoms with E-state index in [1.165, 1.54) is 23.9 Å². The van der Waals surface area contributed by atoms with Gasteiger partial charge in [-0.05, 0) is 50.6 Å². The summed E-state index contributed by atoms with van der Waals surface area (Å²) in [5.74, 6) is 0.246. The van der Waals surface area contributed by atoms with Gasteiger partial charge in [0.05, 0.1) is 11.8 Å². The summed E-state index contributed by atoms with van der Waals surface area (Å²) >= 11 is 1.20. The van der Waals surface area contributed by atoms with Crippen molar-refractivity contribution in [2.75, 3.05) is 12.8 Å².